The molecule has 0 aromatic heterocycles. The molecule has 1 heteroatoms. The minimum atomic E-state index is 0.751. The van der Waals surface area contributed by atoms with Crippen molar-refractivity contribution in [1.29, 1.82) is 0 Å². The van der Waals surface area contributed by atoms with Crippen molar-refractivity contribution in [2.45, 2.75) is 65.3 Å². The number of nitrogens with one attached hydrogen (secondary N) is 1. The molecule has 1 aliphatic rings. The molecular weight excluding hydrogens is 182 g/mol. The van der Waals surface area contributed by atoms with Crippen molar-refractivity contribution >= 4 is 0 Å². The summed E-state index contributed by atoms with van der Waals surface area (Å²) in [7, 11) is 0. The fourth-order valence-corrected chi connectivity index (χ4v) is 2.60. The van der Waals surface area contributed by atoms with Crippen molar-refractivity contribution in [1.82, 2.24) is 5.32 Å². The van der Waals surface area contributed by atoms with Gasteiger partial charge in [-0.3, -0.25) is 0 Å². The van der Waals surface area contributed by atoms with Gasteiger partial charge in [0.25, 0.3) is 0 Å². The van der Waals surface area contributed by atoms with E-state index in [1.165, 1.54) is 44.1 Å². The lowest BCUT2D eigenvalue weighted by Crippen LogP contribution is -2.36. The van der Waals surface area contributed by atoms with Crippen LogP contribution in [-0.4, -0.2) is 12.6 Å². The molecule has 0 heterocycles. The molecule has 0 aliphatic heterocycles. The average molecular weight is 209 g/mol. The smallest absolute Gasteiger partial charge is 0.0140 e. The predicted molar refractivity (Wildman–Crippen MR) is 68.1 cm³/mol. The Labute approximate surface area is 95.3 Å². The van der Waals surface area contributed by atoms with E-state index in [0.717, 1.165) is 18.5 Å². The first kappa shape index (κ1) is 12.8. The van der Waals surface area contributed by atoms with E-state index in [9.17, 15) is 0 Å². The minimum Gasteiger partial charge on any atom is -0.310 e. The Morgan fingerprint density at radius 1 is 1.27 bits per heavy atom. The van der Waals surface area contributed by atoms with Crippen LogP contribution >= 0.6 is 0 Å². The highest BCUT2D eigenvalue weighted by Gasteiger charge is 2.21. The van der Waals surface area contributed by atoms with E-state index in [0.29, 0.717) is 0 Å². The molecular formula is C14H27N. The molecule has 1 saturated carbocycles. The monoisotopic (exact) mass is 209 g/mol. The van der Waals surface area contributed by atoms with Crippen LogP contribution in [0.4, 0.5) is 0 Å². The zero-order valence-corrected chi connectivity index (χ0v) is 10.7. The van der Waals surface area contributed by atoms with Gasteiger partial charge < -0.3 is 5.32 Å². The number of allylic oxidation sites excluding steroid dienone is 1. The molecule has 1 atom stereocenters. The van der Waals surface area contributed by atoms with E-state index >= 15 is 0 Å². The lowest BCUT2D eigenvalue weighted by Gasteiger charge is -2.30. The SMILES string of the molecule is CCC(NCC=C(C)C)C1CCCCC1. The Morgan fingerprint density at radius 2 is 1.93 bits per heavy atom. The maximum atomic E-state index is 3.69. The first-order valence-electron chi connectivity index (χ1n) is 6.60. The Bertz CT molecular complexity index is 186. The maximum absolute atomic E-state index is 3.69. The van der Waals surface area contributed by atoms with Gasteiger partial charge in [-0.05, 0) is 39.0 Å². The zero-order valence-electron chi connectivity index (χ0n) is 10.7. The van der Waals surface area contributed by atoms with Gasteiger partial charge in [0, 0.05) is 12.6 Å². The van der Waals surface area contributed by atoms with E-state index in [2.05, 4.69) is 32.2 Å². The second kappa shape index (κ2) is 7.05. The van der Waals surface area contributed by atoms with Crippen LogP contribution in [0.15, 0.2) is 11.6 Å². The molecule has 0 aromatic carbocycles. The minimum absolute atomic E-state index is 0.751. The van der Waals surface area contributed by atoms with Crippen LogP contribution < -0.4 is 5.32 Å². The summed E-state index contributed by atoms with van der Waals surface area (Å²) in [6.45, 7) is 7.71. The van der Waals surface area contributed by atoms with Gasteiger partial charge in [0.2, 0.25) is 0 Å². The lowest BCUT2D eigenvalue weighted by atomic mass is 9.83. The summed E-state index contributed by atoms with van der Waals surface area (Å²) in [4.78, 5) is 0. The molecule has 15 heavy (non-hydrogen) atoms. The van der Waals surface area contributed by atoms with E-state index in [1.54, 1.807) is 0 Å². The summed E-state index contributed by atoms with van der Waals surface area (Å²) in [5.41, 5.74) is 1.42. The van der Waals surface area contributed by atoms with E-state index in [4.69, 9.17) is 0 Å². The van der Waals surface area contributed by atoms with Crippen molar-refractivity contribution in [3.63, 3.8) is 0 Å². The summed E-state index contributed by atoms with van der Waals surface area (Å²) >= 11 is 0. The van der Waals surface area contributed by atoms with Gasteiger partial charge in [-0.1, -0.05) is 37.8 Å². The molecule has 1 nitrogen and oxygen atoms in total. The number of hydrogen-bond donors (Lipinski definition) is 1. The van der Waals surface area contributed by atoms with Gasteiger partial charge in [-0.2, -0.15) is 0 Å². The largest absolute Gasteiger partial charge is 0.310 e. The van der Waals surface area contributed by atoms with E-state index < -0.39 is 0 Å². The Balaban J connectivity index is 2.30. The third-order valence-corrected chi connectivity index (χ3v) is 3.55. The molecule has 1 N–H and O–H groups in total. The van der Waals surface area contributed by atoms with Gasteiger partial charge in [-0.15, -0.1) is 0 Å². The molecule has 88 valence electrons. The van der Waals surface area contributed by atoms with Crippen LogP contribution in [0.25, 0.3) is 0 Å². The van der Waals surface area contributed by atoms with Gasteiger partial charge in [0.15, 0.2) is 0 Å². The van der Waals surface area contributed by atoms with Crippen molar-refractivity contribution < 1.29 is 0 Å². The topological polar surface area (TPSA) is 12.0 Å². The molecule has 0 bridgehead atoms. The summed E-state index contributed by atoms with van der Waals surface area (Å²) in [6, 6.07) is 0.751. The van der Waals surface area contributed by atoms with Crippen molar-refractivity contribution in [3.05, 3.63) is 11.6 Å². The van der Waals surface area contributed by atoms with E-state index in [-0.39, 0.29) is 0 Å². The highest BCUT2D eigenvalue weighted by atomic mass is 14.9. The second-order valence-electron chi connectivity index (χ2n) is 5.10. The normalized spacial score (nSPS) is 19.9. The van der Waals surface area contributed by atoms with Crippen LogP contribution in [0.5, 0.6) is 0 Å². The quantitative estimate of drug-likeness (QED) is 0.677. The van der Waals surface area contributed by atoms with Crippen LogP contribution in [-0.2, 0) is 0 Å². The molecule has 0 spiro atoms. The molecule has 1 aliphatic carbocycles. The summed E-state index contributed by atoms with van der Waals surface area (Å²) in [5.74, 6) is 0.939. The van der Waals surface area contributed by atoms with Gasteiger partial charge in [-0.25, -0.2) is 0 Å². The standard InChI is InChI=1S/C14H27N/c1-4-14(15-11-10-12(2)3)13-8-6-5-7-9-13/h10,13-15H,4-9,11H2,1-3H3. The average Bonchev–Trinajstić information content (AvgIpc) is 2.25. The Morgan fingerprint density at radius 3 is 2.47 bits per heavy atom. The highest BCUT2D eigenvalue weighted by Crippen LogP contribution is 2.27. The third kappa shape index (κ3) is 4.83. The maximum Gasteiger partial charge on any atom is 0.0140 e. The molecule has 1 unspecified atom stereocenters. The first-order valence-corrected chi connectivity index (χ1v) is 6.60. The van der Waals surface area contributed by atoms with Crippen LogP contribution in [0, 0.1) is 5.92 Å². The highest BCUT2D eigenvalue weighted by molar-refractivity contribution is 4.95. The molecule has 0 aromatic rings. The molecule has 1 rings (SSSR count). The van der Waals surface area contributed by atoms with Gasteiger partial charge in [0.1, 0.15) is 0 Å². The fraction of sp³-hybridized carbons (Fsp3) is 0.857. The summed E-state index contributed by atoms with van der Waals surface area (Å²) < 4.78 is 0. The van der Waals surface area contributed by atoms with Crippen molar-refractivity contribution in [2.75, 3.05) is 6.54 Å². The third-order valence-electron chi connectivity index (χ3n) is 3.55. The zero-order chi connectivity index (χ0) is 11.1. The molecule has 0 saturated heterocycles. The van der Waals surface area contributed by atoms with Gasteiger partial charge in [0.05, 0.1) is 0 Å². The number of hydrogen-bond acceptors (Lipinski definition) is 1. The van der Waals surface area contributed by atoms with Crippen molar-refractivity contribution in [2.24, 2.45) is 5.92 Å². The second-order valence-corrected chi connectivity index (χ2v) is 5.10. The number of rotatable bonds is 5. The Hall–Kier alpha value is -0.300. The Kier molecular flexibility index (Phi) is 6.00. The first-order chi connectivity index (χ1) is 7.24. The van der Waals surface area contributed by atoms with Crippen LogP contribution in [0.3, 0.4) is 0 Å². The summed E-state index contributed by atoms with van der Waals surface area (Å²) in [6.07, 6.45) is 10.8. The van der Waals surface area contributed by atoms with Gasteiger partial charge >= 0.3 is 0 Å². The lowest BCUT2D eigenvalue weighted by molar-refractivity contribution is 0.268. The molecule has 1 fully saturated rings. The van der Waals surface area contributed by atoms with Crippen LogP contribution in [0.1, 0.15) is 59.3 Å². The summed E-state index contributed by atoms with van der Waals surface area (Å²) in [5, 5.41) is 3.69. The van der Waals surface area contributed by atoms with Crippen molar-refractivity contribution in [3.8, 4) is 0 Å². The van der Waals surface area contributed by atoms with Crippen LogP contribution in [0.2, 0.25) is 0 Å². The fourth-order valence-electron chi connectivity index (χ4n) is 2.60. The predicted octanol–water partition coefficient (Wildman–Crippen LogP) is 3.90. The molecule has 0 amide bonds. The molecule has 0 radical (unpaired) electrons. The van der Waals surface area contributed by atoms with E-state index in [1.807, 2.05) is 0 Å².